The van der Waals surface area contributed by atoms with E-state index in [-0.39, 0.29) is 19.7 Å². The Morgan fingerprint density at radius 3 is 2.27 bits per heavy atom. The van der Waals surface area contributed by atoms with Gasteiger partial charge in [-0.2, -0.15) is 12.7 Å². The number of anilines is 1. The molecule has 3 N–H and O–H groups in total. The average molecular weight is 604 g/mol. The number of oxime groups is 1. The minimum Gasteiger partial charge on any atom is -0.493 e. The molecule has 0 unspecified atom stereocenters. The van der Waals surface area contributed by atoms with Crippen LogP contribution < -0.4 is 20.9 Å². The van der Waals surface area contributed by atoms with Crippen molar-refractivity contribution in [2.45, 2.75) is 23.1 Å². The second kappa shape index (κ2) is 13.7. The van der Waals surface area contributed by atoms with Crippen LogP contribution in [-0.4, -0.2) is 66.5 Å². The van der Waals surface area contributed by atoms with Crippen molar-refractivity contribution in [3.63, 3.8) is 0 Å². The molecule has 0 aliphatic carbocycles. The van der Waals surface area contributed by atoms with E-state index in [1.54, 1.807) is 0 Å². The number of para-hydroxylation sites is 1. The Bertz CT molecular complexity index is 1540. The normalized spacial score (nSPS) is 15.0. The van der Waals surface area contributed by atoms with Crippen molar-refractivity contribution >= 4 is 31.8 Å². The summed E-state index contributed by atoms with van der Waals surface area (Å²) in [5, 5.41) is 3.35. The lowest BCUT2D eigenvalue weighted by atomic mass is 10.2. The molecule has 1 saturated heterocycles. The zero-order valence-corrected chi connectivity index (χ0v) is 24.2. The molecular weight excluding hydrogens is 570 g/mol. The van der Waals surface area contributed by atoms with Crippen LogP contribution >= 0.6 is 0 Å². The van der Waals surface area contributed by atoms with Gasteiger partial charge in [0, 0.05) is 38.3 Å². The number of nitrogens with one attached hydrogen (secondary N) is 1. The van der Waals surface area contributed by atoms with E-state index in [1.165, 1.54) is 22.5 Å². The Morgan fingerprint density at radius 1 is 0.878 bits per heavy atom. The summed E-state index contributed by atoms with van der Waals surface area (Å²) in [7, 11) is -8.78. The van der Waals surface area contributed by atoms with Gasteiger partial charge in [-0.3, -0.25) is 9.12 Å². The molecule has 1 heterocycles. The molecule has 4 rings (SSSR count). The van der Waals surface area contributed by atoms with Gasteiger partial charge in [-0.1, -0.05) is 42.5 Å². The Morgan fingerprint density at radius 2 is 1.56 bits per heavy atom. The first-order valence-electron chi connectivity index (χ1n) is 12.9. The third-order valence-corrected chi connectivity index (χ3v) is 9.41. The molecule has 1 aliphatic heterocycles. The zero-order valence-electron chi connectivity index (χ0n) is 22.5. The lowest BCUT2D eigenvalue weighted by molar-refractivity contribution is 0.0719. The molecule has 0 amide bonds. The maximum Gasteiger partial charge on any atom is 0.359 e. The largest absolute Gasteiger partial charge is 0.493 e. The van der Waals surface area contributed by atoms with Gasteiger partial charge in [-0.15, -0.1) is 0 Å². The smallest absolute Gasteiger partial charge is 0.359 e. The van der Waals surface area contributed by atoms with Gasteiger partial charge in [0.1, 0.15) is 15.5 Å². The molecule has 14 heteroatoms. The summed E-state index contributed by atoms with van der Waals surface area (Å²) in [5.74, 6) is 0.278. The Hall–Kier alpha value is -3.85. The van der Waals surface area contributed by atoms with E-state index in [2.05, 4.69) is 15.5 Å². The van der Waals surface area contributed by atoms with Crippen LogP contribution in [0.15, 0.2) is 93.8 Å². The van der Waals surface area contributed by atoms with Gasteiger partial charge in [-0.25, -0.2) is 13.9 Å². The monoisotopic (exact) mass is 603 g/mol. The maximum absolute atomic E-state index is 13.5. The van der Waals surface area contributed by atoms with E-state index >= 15 is 0 Å². The van der Waals surface area contributed by atoms with Crippen molar-refractivity contribution in [1.29, 1.82) is 0 Å². The van der Waals surface area contributed by atoms with Gasteiger partial charge in [-0.05, 0) is 54.0 Å². The van der Waals surface area contributed by atoms with Crippen LogP contribution in [0, 0.1) is 6.92 Å². The SMILES string of the molecule is Cc1cccc(OCCCONC(N)=NOS(=O)(=O)c2ccccc2S(=O)(=O)N2CCN(c3ccccc3)CC2)c1. The summed E-state index contributed by atoms with van der Waals surface area (Å²) in [4.78, 5) is 6.28. The lowest BCUT2D eigenvalue weighted by Gasteiger charge is -2.35. The molecule has 3 aromatic carbocycles. The number of nitrogens with two attached hydrogens (primary N) is 1. The van der Waals surface area contributed by atoms with Gasteiger partial charge in [0.05, 0.1) is 13.2 Å². The summed E-state index contributed by atoms with van der Waals surface area (Å²) in [6.07, 6.45) is 0.512. The third-order valence-electron chi connectivity index (χ3n) is 6.16. The highest BCUT2D eigenvalue weighted by Crippen LogP contribution is 2.27. The zero-order chi connectivity index (χ0) is 29.3. The predicted octanol–water partition coefficient (Wildman–Crippen LogP) is 2.43. The Kier molecular flexibility index (Phi) is 10.0. The molecule has 0 radical (unpaired) electrons. The van der Waals surface area contributed by atoms with Crippen LogP contribution in [0.4, 0.5) is 5.69 Å². The molecular formula is C27H33N5O7S2. The topological polar surface area (TPSA) is 153 Å². The van der Waals surface area contributed by atoms with E-state index in [9.17, 15) is 16.8 Å². The summed E-state index contributed by atoms with van der Waals surface area (Å²) >= 11 is 0. The Labute approximate surface area is 240 Å². The molecule has 0 saturated carbocycles. The quantitative estimate of drug-likeness (QED) is 0.137. The summed E-state index contributed by atoms with van der Waals surface area (Å²) in [6.45, 7) is 3.84. The fourth-order valence-corrected chi connectivity index (χ4v) is 7.07. The molecule has 12 nitrogen and oxygen atoms in total. The number of piperazine rings is 1. The van der Waals surface area contributed by atoms with E-state index in [1.807, 2.05) is 61.5 Å². The second-order valence-corrected chi connectivity index (χ2v) is 12.6. The molecule has 1 aliphatic rings. The lowest BCUT2D eigenvalue weighted by Crippen LogP contribution is -2.48. The number of guanidine groups is 1. The highest BCUT2D eigenvalue weighted by molar-refractivity contribution is 7.91. The predicted molar refractivity (Wildman–Crippen MR) is 154 cm³/mol. The number of hydrogen-bond acceptors (Lipinski definition) is 9. The van der Waals surface area contributed by atoms with Crippen molar-refractivity contribution < 1.29 is 30.7 Å². The van der Waals surface area contributed by atoms with Crippen LogP contribution in [0.2, 0.25) is 0 Å². The first-order valence-corrected chi connectivity index (χ1v) is 15.8. The number of rotatable bonds is 12. The van der Waals surface area contributed by atoms with Crippen molar-refractivity contribution in [2.75, 3.05) is 44.3 Å². The van der Waals surface area contributed by atoms with Crippen molar-refractivity contribution in [3.05, 3.63) is 84.4 Å². The number of hydroxylamine groups is 1. The average Bonchev–Trinajstić information content (AvgIpc) is 2.98. The fraction of sp³-hybridized carbons (Fsp3) is 0.296. The minimum atomic E-state index is -4.63. The second-order valence-electron chi connectivity index (χ2n) is 9.15. The molecule has 0 atom stereocenters. The van der Waals surface area contributed by atoms with Gasteiger partial charge in [0.2, 0.25) is 10.0 Å². The fourth-order valence-electron chi connectivity index (χ4n) is 4.13. The van der Waals surface area contributed by atoms with Crippen LogP contribution in [0.5, 0.6) is 5.75 Å². The van der Waals surface area contributed by atoms with Crippen molar-refractivity contribution in [2.24, 2.45) is 10.9 Å². The van der Waals surface area contributed by atoms with Crippen LogP contribution in [0.1, 0.15) is 12.0 Å². The number of ether oxygens (including phenoxy) is 1. The number of nitrogens with zero attached hydrogens (tertiary/aromatic N) is 3. The van der Waals surface area contributed by atoms with Crippen LogP contribution in [0.3, 0.4) is 0 Å². The number of hydrogen-bond donors (Lipinski definition) is 2. The standard InChI is InChI=1S/C27H33N5O7S2/c1-22-9-7-12-24(21-22)37-19-8-20-38-29-27(28)30-39-41(35,36)26-14-6-5-13-25(26)40(33,34)32-17-15-31(16-18-32)23-10-3-2-4-11-23/h2-7,9-14,21H,8,15-20H2,1H3,(H3,28,29,30). The van der Waals surface area contributed by atoms with E-state index < -0.39 is 35.9 Å². The van der Waals surface area contributed by atoms with E-state index in [4.69, 9.17) is 19.6 Å². The van der Waals surface area contributed by atoms with E-state index in [0.29, 0.717) is 26.1 Å². The first-order chi connectivity index (χ1) is 19.7. The first kappa shape index (κ1) is 30.1. The highest BCUT2D eigenvalue weighted by atomic mass is 32.2. The summed E-state index contributed by atoms with van der Waals surface area (Å²) < 4.78 is 64.4. The van der Waals surface area contributed by atoms with Crippen molar-refractivity contribution in [1.82, 2.24) is 9.79 Å². The molecule has 1 fully saturated rings. The molecule has 0 spiro atoms. The molecule has 0 aromatic heterocycles. The number of benzene rings is 3. The molecule has 41 heavy (non-hydrogen) atoms. The van der Waals surface area contributed by atoms with Gasteiger partial charge in [0.25, 0.3) is 5.96 Å². The van der Waals surface area contributed by atoms with Crippen LogP contribution in [-0.2, 0) is 29.3 Å². The van der Waals surface area contributed by atoms with Crippen LogP contribution in [0.25, 0.3) is 0 Å². The maximum atomic E-state index is 13.5. The number of sulfonamides is 1. The molecule has 3 aromatic rings. The van der Waals surface area contributed by atoms with Crippen molar-refractivity contribution in [3.8, 4) is 5.75 Å². The molecule has 220 valence electrons. The third kappa shape index (κ3) is 8.10. The summed E-state index contributed by atoms with van der Waals surface area (Å²) in [5.41, 5.74) is 10.0. The van der Waals surface area contributed by atoms with Gasteiger partial charge >= 0.3 is 10.1 Å². The number of aryl methyl sites for hydroxylation is 1. The minimum absolute atomic E-state index is 0.188. The summed E-state index contributed by atoms with van der Waals surface area (Å²) in [6, 6.07) is 22.5. The Balaban J connectivity index is 1.31. The van der Waals surface area contributed by atoms with Gasteiger partial charge in [0.15, 0.2) is 0 Å². The highest BCUT2D eigenvalue weighted by Gasteiger charge is 2.34. The van der Waals surface area contributed by atoms with Gasteiger partial charge < -0.3 is 15.4 Å². The molecule has 0 bridgehead atoms. The van der Waals surface area contributed by atoms with E-state index in [0.717, 1.165) is 23.1 Å².